The van der Waals surface area contributed by atoms with Crippen LogP contribution in [0.1, 0.15) is 10.4 Å². The number of ketones is 1. The Morgan fingerprint density at radius 3 is 1.87 bits per heavy atom. The number of rotatable bonds is 10. The van der Waals surface area contributed by atoms with Crippen LogP contribution in [0.2, 0.25) is 0 Å². The molecule has 0 fully saturated rings. The molecule has 0 saturated heterocycles. The van der Waals surface area contributed by atoms with Crippen molar-refractivity contribution in [2.45, 2.75) is 0 Å². The largest absolute Gasteiger partial charge is 0.497 e. The molecule has 6 heteroatoms. The molecular formula is C25H22O6. The number of esters is 1. The smallest absolute Gasteiger partial charge is 0.333 e. The SMILES string of the molecule is C=CC(=O)OCOc1ccc(-c2ccc(C(=O)COc3ccc(OC)cc3)cc2)cc1. The van der Waals surface area contributed by atoms with Gasteiger partial charge < -0.3 is 18.9 Å². The minimum atomic E-state index is -0.541. The van der Waals surface area contributed by atoms with Crippen LogP contribution >= 0.6 is 0 Å². The molecule has 0 aromatic heterocycles. The van der Waals surface area contributed by atoms with E-state index in [1.165, 1.54) is 0 Å². The van der Waals surface area contributed by atoms with E-state index in [0.29, 0.717) is 17.1 Å². The predicted molar refractivity (Wildman–Crippen MR) is 116 cm³/mol. The number of carbonyl (C=O) groups excluding carboxylic acids is 2. The van der Waals surface area contributed by atoms with Crippen molar-refractivity contribution in [1.82, 2.24) is 0 Å². The second-order valence-electron chi connectivity index (χ2n) is 6.42. The zero-order valence-electron chi connectivity index (χ0n) is 17.1. The molecule has 3 rings (SSSR count). The highest BCUT2D eigenvalue weighted by molar-refractivity contribution is 5.97. The summed E-state index contributed by atoms with van der Waals surface area (Å²) in [6.07, 6.45) is 1.08. The van der Waals surface area contributed by atoms with Gasteiger partial charge in [-0.05, 0) is 47.5 Å². The number of ether oxygens (including phenoxy) is 4. The highest BCUT2D eigenvalue weighted by atomic mass is 16.7. The van der Waals surface area contributed by atoms with Crippen molar-refractivity contribution in [1.29, 1.82) is 0 Å². The van der Waals surface area contributed by atoms with Gasteiger partial charge in [0, 0.05) is 11.6 Å². The van der Waals surface area contributed by atoms with Gasteiger partial charge in [-0.2, -0.15) is 0 Å². The number of hydrogen-bond donors (Lipinski definition) is 0. The van der Waals surface area contributed by atoms with Gasteiger partial charge >= 0.3 is 5.97 Å². The summed E-state index contributed by atoms with van der Waals surface area (Å²) in [5, 5.41) is 0. The molecule has 0 N–H and O–H groups in total. The fourth-order valence-electron chi connectivity index (χ4n) is 2.71. The molecule has 0 atom stereocenters. The van der Waals surface area contributed by atoms with E-state index >= 15 is 0 Å². The van der Waals surface area contributed by atoms with E-state index in [0.717, 1.165) is 23.0 Å². The summed E-state index contributed by atoms with van der Waals surface area (Å²) in [5.74, 6) is 1.25. The van der Waals surface area contributed by atoms with E-state index in [1.807, 2.05) is 24.3 Å². The Morgan fingerprint density at radius 1 is 0.774 bits per heavy atom. The van der Waals surface area contributed by atoms with Gasteiger partial charge in [-0.3, -0.25) is 4.79 Å². The van der Waals surface area contributed by atoms with E-state index in [4.69, 9.17) is 18.9 Å². The average molecular weight is 418 g/mol. The molecular weight excluding hydrogens is 396 g/mol. The second kappa shape index (κ2) is 10.6. The number of methoxy groups -OCH3 is 1. The van der Waals surface area contributed by atoms with Crippen molar-refractivity contribution in [2.24, 2.45) is 0 Å². The first-order valence-corrected chi connectivity index (χ1v) is 9.51. The Bertz CT molecular complexity index is 1020. The summed E-state index contributed by atoms with van der Waals surface area (Å²) < 4.78 is 20.8. The first-order valence-electron chi connectivity index (χ1n) is 9.51. The molecule has 0 aliphatic rings. The van der Waals surface area contributed by atoms with Crippen molar-refractivity contribution >= 4 is 11.8 Å². The van der Waals surface area contributed by atoms with E-state index < -0.39 is 5.97 Å². The lowest BCUT2D eigenvalue weighted by Gasteiger charge is -2.08. The van der Waals surface area contributed by atoms with Crippen LogP contribution < -0.4 is 14.2 Å². The third kappa shape index (κ3) is 6.21. The van der Waals surface area contributed by atoms with E-state index in [2.05, 4.69) is 6.58 Å². The summed E-state index contributed by atoms with van der Waals surface area (Å²) in [6.45, 7) is 3.09. The predicted octanol–water partition coefficient (Wildman–Crippen LogP) is 4.69. The number of Topliss-reactive ketones (excluding diaryl/α,β-unsaturated/α-hetero) is 1. The first-order chi connectivity index (χ1) is 15.1. The number of carbonyl (C=O) groups is 2. The van der Waals surface area contributed by atoms with Crippen LogP contribution in [0.25, 0.3) is 11.1 Å². The van der Waals surface area contributed by atoms with E-state index in [-0.39, 0.29) is 19.2 Å². The van der Waals surface area contributed by atoms with Crippen LogP contribution in [0.4, 0.5) is 0 Å². The molecule has 0 aliphatic heterocycles. The summed E-state index contributed by atoms with van der Waals surface area (Å²) in [6, 6.07) is 21.7. The van der Waals surface area contributed by atoms with Gasteiger partial charge in [0.2, 0.25) is 6.79 Å². The van der Waals surface area contributed by atoms with Gasteiger partial charge in [-0.1, -0.05) is 43.0 Å². The van der Waals surface area contributed by atoms with Crippen molar-refractivity contribution in [2.75, 3.05) is 20.5 Å². The quantitative estimate of drug-likeness (QED) is 0.206. The molecule has 3 aromatic rings. The van der Waals surface area contributed by atoms with Gasteiger partial charge in [0.25, 0.3) is 0 Å². The summed E-state index contributed by atoms with van der Waals surface area (Å²) in [7, 11) is 1.59. The average Bonchev–Trinajstić information content (AvgIpc) is 2.83. The van der Waals surface area contributed by atoms with Gasteiger partial charge in [0.15, 0.2) is 12.4 Å². The van der Waals surface area contributed by atoms with Gasteiger partial charge in [0.1, 0.15) is 17.2 Å². The maximum Gasteiger partial charge on any atom is 0.333 e. The zero-order valence-corrected chi connectivity index (χ0v) is 17.1. The molecule has 0 heterocycles. The van der Waals surface area contributed by atoms with Gasteiger partial charge in [-0.15, -0.1) is 0 Å². The molecule has 0 bridgehead atoms. The Labute approximate surface area is 180 Å². The zero-order chi connectivity index (χ0) is 22.1. The lowest BCUT2D eigenvalue weighted by Crippen LogP contribution is -2.11. The molecule has 0 spiro atoms. The monoisotopic (exact) mass is 418 g/mol. The molecule has 0 saturated carbocycles. The van der Waals surface area contributed by atoms with E-state index in [9.17, 15) is 9.59 Å². The third-order valence-corrected chi connectivity index (χ3v) is 4.42. The van der Waals surface area contributed by atoms with Gasteiger partial charge in [0.05, 0.1) is 7.11 Å². The van der Waals surface area contributed by atoms with Crippen molar-refractivity contribution in [3.8, 4) is 28.4 Å². The first kappa shape index (κ1) is 21.6. The van der Waals surface area contributed by atoms with Crippen molar-refractivity contribution in [3.05, 3.63) is 91.0 Å². The minimum absolute atomic E-state index is 0.0475. The van der Waals surface area contributed by atoms with Crippen LogP contribution in [-0.4, -0.2) is 32.3 Å². The highest BCUT2D eigenvalue weighted by Crippen LogP contribution is 2.23. The number of hydrogen-bond acceptors (Lipinski definition) is 6. The fraction of sp³-hybridized carbons (Fsp3) is 0.120. The molecule has 158 valence electrons. The maximum absolute atomic E-state index is 12.4. The fourth-order valence-corrected chi connectivity index (χ4v) is 2.71. The normalized spacial score (nSPS) is 10.1. The third-order valence-electron chi connectivity index (χ3n) is 4.42. The molecule has 6 nitrogen and oxygen atoms in total. The molecule has 3 aromatic carbocycles. The van der Waals surface area contributed by atoms with Crippen LogP contribution in [0.3, 0.4) is 0 Å². The molecule has 0 amide bonds. The van der Waals surface area contributed by atoms with E-state index in [1.54, 1.807) is 55.6 Å². The second-order valence-corrected chi connectivity index (χ2v) is 6.42. The Balaban J connectivity index is 1.54. The Kier molecular flexibility index (Phi) is 7.43. The highest BCUT2D eigenvalue weighted by Gasteiger charge is 2.08. The standard InChI is InChI=1S/C25H22O6/c1-3-25(27)31-17-30-23-10-8-19(9-11-23)18-4-6-20(7-5-18)24(26)16-29-22-14-12-21(28-2)13-15-22/h3-15H,1,16-17H2,2H3. The van der Waals surface area contributed by atoms with Gasteiger partial charge in [-0.25, -0.2) is 4.79 Å². The molecule has 31 heavy (non-hydrogen) atoms. The Morgan fingerprint density at radius 2 is 1.29 bits per heavy atom. The van der Waals surface area contributed by atoms with Crippen LogP contribution in [0.5, 0.6) is 17.2 Å². The minimum Gasteiger partial charge on any atom is -0.497 e. The summed E-state index contributed by atoms with van der Waals surface area (Å²) >= 11 is 0. The molecule has 0 radical (unpaired) electrons. The topological polar surface area (TPSA) is 71.1 Å². The number of benzene rings is 3. The lowest BCUT2D eigenvalue weighted by atomic mass is 10.0. The summed E-state index contributed by atoms with van der Waals surface area (Å²) in [4.78, 5) is 23.4. The van der Waals surface area contributed by atoms with Crippen molar-refractivity contribution < 1.29 is 28.5 Å². The molecule has 0 unspecified atom stereocenters. The van der Waals surface area contributed by atoms with Crippen LogP contribution in [-0.2, 0) is 9.53 Å². The Hall–Kier alpha value is -4.06. The molecule has 0 aliphatic carbocycles. The lowest BCUT2D eigenvalue weighted by molar-refractivity contribution is -0.144. The van der Waals surface area contributed by atoms with Crippen LogP contribution in [0.15, 0.2) is 85.5 Å². The van der Waals surface area contributed by atoms with Crippen LogP contribution in [0, 0.1) is 0 Å². The maximum atomic E-state index is 12.4. The summed E-state index contributed by atoms with van der Waals surface area (Å²) in [5.41, 5.74) is 2.49. The van der Waals surface area contributed by atoms with Crippen molar-refractivity contribution in [3.63, 3.8) is 0 Å².